The standard InChI is InChI=1S/C14H20N2O2/c1-9(2)11-6-5-10(3)12(7-11)8-16(4)14(18)13(15)17/h5-7,9H,8H2,1-4H3,(H2,15,17). The molecule has 4 heteroatoms. The van der Waals surface area contributed by atoms with Gasteiger partial charge in [0.15, 0.2) is 0 Å². The summed E-state index contributed by atoms with van der Waals surface area (Å²) in [7, 11) is 1.58. The van der Waals surface area contributed by atoms with E-state index in [4.69, 9.17) is 5.73 Å². The van der Waals surface area contributed by atoms with Crippen LogP contribution in [-0.4, -0.2) is 23.8 Å². The van der Waals surface area contributed by atoms with Gasteiger partial charge in [-0.05, 0) is 29.5 Å². The van der Waals surface area contributed by atoms with Crippen LogP contribution in [0.5, 0.6) is 0 Å². The number of nitrogens with two attached hydrogens (primary N) is 1. The monoisotopic (exact) mass is 248 g/mol. The number of likely N-dealkylation sites (N-methyl/N-ethyl adjacent to an activating group) is 1. The lowest BCUT2D eigenvalue weighted by atomic mass is 9.97. The first-order valence-corrected chi connectivity index (χ1v) is 5.97. The zero-order chi connectivity index (χ0) is 13.9. The van der Waals surface area contributed by atoms with E-state index in [0.29, 0.717) is 12.5 Å². The van der Waals surface area contributed by atoms with Gasteiger partial charge in [0.05, 0.1) is 0 Å². The summed E-state index contributed by atoms with van der Waals surface area (Å²) in [6.07, 6.45) is 0. The van der Waals surface area contributed by atoms with Crippen molar-refractivity contribution in [1.29, 1.82) is 0 Å². The molecule has 4 nitrogen and oxygen atoms in total. The molecule has 0 aromatic heterocycles. The van der Waals surface area contributed by atoms with Crippen molar-refractivity contribution in [2.75, 3.05) is 7.05 Å². The van der Waals surface area contributed by atoms with Crippen LogP contribution in [0.2, 0.25) is 0 Å². The van der Waals surface area contributed by atoms with Gasteiger partial charge in [-0.3, -0.25) is 9.59 Å². The van der Waals surface area contributed by atoms with E-state index < -0.39 is 11.8 Å². The Morgan fingerprint density at radius 2 is 1.94 bits per heavy atom. The first-order chi connectivity index (χ1) is 8.32. The van der Waals surface area contributed by atoms with E-state index in [1.54, 1.807) is 7.05 Å². The Balaban J connectivity index is 2.93. The predicted molar refractivity (Wildman–Crippen MR) is 70.9 cm³/mol. The normalized spacial score (nSPS) is 10.5. The van der Waals surface area contributed by atoms with Gasteiger partial charge in [-0.25, -0.2) is 0 Å². The Bertz CT molecular complexity index is 467. The maximum absolute atomic E-state index is 11.4. The van der Waals surface area contributed by atoms with Crippen LogP contribution in [0.25, 0.3) is 0 Å². The smallest absolute Gasteiger partial charge is 0.311 e. The van der Waals surface area contributed by atoms with E-state index in [1.165, 1.54) is 10.5 Å². The molecule has 0 atom stereocenters. The van der Waals surface area contributed by atoms with Crippen LogP contribution in [-0.2, 0) is 16.1 Å². The first kappa shape index (κ1) is 14.2. The second-order valence-corrected chi connectivity index (χ2v) is 4.87. The molecule has 0 fully saturated rings. The first-order valence-electron chi connectivity index (χ1n) is 5.97. The summed E-state index contributed by atoms with van der Waals surface area (Å²) in [4.78, 5) is 23.6. The minimum atomic E-state index is -0.921. The van der Waals surface area contributed by atoms with Crippen molar-refractivity contribution in [2.45, 2.75) is 33.2 Å². The number of hydrogen-bond acceptors (Lipinski definition) is 2. The lowest BCUT2D eigenvalue weighted by Crippen LogP contribution is -2.37. The highest BCUT2D eigenvalue weighted by Gasteiger charge is 2.16. The summed E-state index contributed by atoms with van der Waals surface area (Å²) < 4.78 is 0. The fourth-order valence-corrected chi connectivity index (χ4v) is 1.74. The summed E-state index contributed by atoms with van der Waals surface area (Å²) in [6, 6.07) is 6.19. The van der Waals surface area contributed by atoms with Gasteiger partial charge in [0.1, 0.15) is 0 Å². The van der Waals surface area contributed by atoms with Crippen LogP contribution >= 0.6 is 0 Å². The fraction of sp³-hybridized carbons (Fsp3) is 0.429. The summed E-state index contributed by atoms with van der Waals surface area (Å²) in [5, 5.41) is 0. The highest BCUT2D eigenvalue weighted by molar-refractivity contribution is 6.34. The lowest BCUT2D eigenvalue weighted by Gasteiger charge is -2.18. The topological polar surface area (TPSA) is 63.4 Å². The van der Waals surface area contributed by atoms with Crippen molar-refractivity contribution in [3.05, 3.63) is 34.9 Å². The molecule has 18 heavy (non-hydrogen) atoms. The molecular formula is C14H20N2O2. The molecule has 2 N–H and O–H groups in total. The molecule has 0 aliphatic rings. The van der Waals surface area contributed by atoms with Gasteiger partial charge in [0.25, 0.3) is 0 Å². The quantitative estimate of drug-likeness (QED) is 0.825. The van der Waals surface area contributed by atoms with Crippen LogP contribution in [0.4, 0.5) is 0 Å². The number of rotatable bonds is 3. The van der Waals surface area contributed by atoms with E-state index >= 15 is 0 Å². The third-order valence-corrected chi connectivity index (χ3v) is 3.00. The average molecular weight is 248 g/mol. The molecule has 0 heterocycles. The van der Waals surface area contributed by atoms with Crippen LogP contribution < -0.4 is 5.73 Å². The third kappa shape index (κ3) is 3.32. The minimum Gasteiger partial charge on any atom is -0.361 e. The van der Waals surface area contributed by atoms with Gasteiger partial charge in [-0.1, -0.05) is 32.0 Å². The third-order valence-electron chi connectivity index (χ3n) is 3.00. The maximum Gasteiger partial charge on any atom is 0.311 e. The molecule has 0 spiro atoms. The predicted octanol–water partition coefficient (Wildman–Crippen LogP) is 1.56. The number of nitrogens with zero attached hydrogens (tertiary/aromatic N) is 1. The zero-order valence-electron chi connectivity index (χ0n) is 11.4. The van der Waals surface area contributed by atoms with Crippen molar-refractivity contribution in [3.8, 4) is 0 Å². The van der Waals surface area contributed by atoms with Gasteiger partial charge in [0.2, 0.25) is 0 Å². The summed E-state index contributed by atoms with van der Waals surface area (Å²) in [5.41, 5.74) is 8.34. The Labute approximate surface area is 108 Å². The summed E-state index contributed by atoms with van der Waals surface area (Å²) in [5.74, 6) is -1.15. The molecule has 0 bridgehead atoms. The Hall–Kier alpha value is -1.84. The van der Waals surface area contributed by atoms with Crippen molar-refractivity contribution in [1.82, 2.24) is 4.90 Å². The molecule has 0 saturated heterocycles. The molecule has 1 aromatic rings. The van der Waals surface area contributed by atoms with E-state index in [-0.39, 0.29) is 0 Å². The number of carbonyl (C=O) groups excluding carboxylic acids is 2. The number of carbonyl (C=O) groups is 2. The van der Waals surface area contributed by atoms with Crippen LogP contribution in [0.1, 0.15) is 36.5 Å². The van der Waals surface area contributed by atoms with Gasteiger partial charge < -0.3 is 10.6 Å². The lowest BCUT2D eigenvalue weighted by molar-refractivity contribution is -0.143. The van der Waals surface area contributed by atoms with Gasteiger partial charge in [-0.2, -0.15) is 0 Å². The molecule has 0 unspecified atom stereocenters. The molecule has 98 valence electrons. The van der Waals surface area contributed by atoms with Crippen LogP contribution in [0.3, 0.4) is 0 Å². The summed E-state index contributed by atoms with van der Waals surface area (Å²) in [6.45, 7) is 6.62. The molecule has 0 saturated carbocycles. The van der Waals surface area contributed by atoms with E-state index in [2.05, 4.69) is 26.0 Å². The van der Waals surface area contributed by atoms with Crippen LogP contribution in [0.15, 0.2) is 18.2 Å². The van der Waals surface area contributed by atoms with Crippen molar-refractivity contribution in [2.24, 2.45) is 5.73 Å². The molecular weight excluding hydrogens is 228 g/mol. The molecule has 2 amide bonds. The van der Waals surface area contributed by atoms with Crippen LogP contribution in [0, 0.1) is 6.92 Å². The van der Waals surface area contributed by atoms with Crippen molar-refractivity contribution >= 4 is 11.8 Å². The van der Waals surface area contributed by atoms with Gasteiger partial charge in [0, 0.05) is 13.6 Å². The SMILES string of the molecule is Cc1ccc(C(C)C)cc1CN(C)C(=O)C(N)=O. The fourth-order valence-electron chi connectivity index (χ4n) is 1.74. The second-order valence-electron chi connectivity index (χ2n) is 4.87. The van der Waals surface area contributed by atoms with Gasteiger partial charge >= 0.3 is 11.8 Å². The second kappa shape index (κ2) is 5.67. The Kier molecular flexibility index (Phi) is 4.48. The Morgan fingerprint density at radius 1 is 1.33 bits per heavy atom. The summed E-state index contributed by atoms with van der Waals surface area (Å²) >= 11 is 0. The minimum absolute atomic E-state index is 0.397. The molecule has 0 aliphatic heterocycles. The maximum atomic E-state index is 11.4. The van der Waals surface area contributed by atoms with Crippen molar-refractivity contribution < 1.29 is 9.59 Å². The van der Waals surface area contributed by atoms with E-state index in [9.17, 15) is 9.59 Å². The largest absolute Gasteiger partial charge is 0.361 e. The zero-order valence-corrected chi connectivity index (χ0v) is 11.4. The van der Waals surface area contributed by atoms with Crippen molar-refractivity contribution in [3.63, 3.8) is 0 Å². The van der Waals surface area contributed by atoms with Gasteiger partial charge in [-0.15, -0.1) is 0 Å². The molecule has 0 aliphatic carbocycles. The average Bonchev–Trinajstić information content (AvgIpc) is 2.30. The molecule has 1 aromatic carbocycles. The number of benzene rings is 1. The highest BCUT2D eigenvalue weighted by atomic mass is 16.2. The van der Waals surface area contributed by atoms with E-state index in [1.807, 2.05) is 13.0 Å². The number of amides is 2. The molecule has 0 radical (unpaired) electrons. The number of hydrogen-bond donors (Lipinski definition) is 1. The Morgan fingerprint density at radius 3 is 2.44 bits per heavy atom. The highest BCUT2D eigenvalue weighted by Crippen LogP contribution is 2.19. The number of primary amides is 1. The number of aryl methyl sites for hydroxylation is 1. The molecule has 1 rings (SSSR count). The van der Waals surface area contributed by atoms with E-state index in [0.717, 1.165) is 11.1 Å².